The molecule has 6 nitrogen and oxygen atoms in total. The highest BCUT2D eigenvalue weighted by atomic mass is 35.5. The number of carbonyl (C=O) groups excluding carboxylic acids is 2. The van der Waals surface area contributed by atoms with Crippen molar-refractivity contribution in [2.24, 2.45) is 11.0 Å². The molecule has 0 saturated heterocycles. The molecular formula is C29H28Cl2N4O2. The van der Waals surface area contributed by atoms with E-state index in [1.807, 2.05) is 63.2 Å². The Balaban J connectivity index is 1.52. The second kappa shape index (κ2) is 11.6. The third kappa shape index (κ3) is 6.21. The summed E-state index contributed by atoms with van der Waals surface area (Å²) in [5.74, 6) is -0.924. The molecule has 3 aromatic carbocycles. The van der Waals surface area contributed by atoms with Crippen molar-refractivity contribution in [3.63, 3.8) is 0 Å². The Bertz CT molecular complexity index is 1460. The lowest BCUT2D eigenvalue weighted by atomic mass is 10.0. The van der Waals surface area contributed by atoms with Gasteiger partial charge >= 0.3 is 0 Å². The van der Waals surface area contributed by atoms with Crippen molar-refractivity contribution in [2.75, 3.05) is 0 Å². The quantitative estimate of drug-likeness (QED) is 0.208. The molecule has 0 aliphatic rings. The molecule has 0 aliphatic carbocycles. The van der Waals surface area contributed by atoms with Crippen LogP contribution in [0.25, 0.3) is 10.9 Å². The van der Waals surface area contributed by atoms with Crippen LogP contribution >= 0.6 is 23.2 Å². The van der Waals surface area contributed by atoms with Gasteiger partial charge in [0.1, 0.15) is 6.04 Å². The molecule has 190 valence electrons. The molecule has 2 N–H and O–H groups in total. The lowest BCUT2D eigenvalue weighted by molar-refractivity contribution is -0.123. The molecule has 2 amide bonds. The first-order valence-electron chi connectivity index (χ1n) is 12.0. The topological polar surface area (TPSA) is 75.5 Å². The number of amides is 2. The van der Waals surface area contributed by atoms with Crippen molar-refractivity contribution in [3.05, 3.63) is 105 Å². The van der Waals surface area contributed by atoms with Gasteiger partial charge in [0.2, 0.25) is 0 Å². The molecule has 0 fully saturated rings. The first-order chi connectivity index (χ1) is 17.7. The Hall–Kier alpha value is -3.61. The highest BCUT2D eigenvalue weighted by molar-refractivity contribution is 6.31. The minimum absolute atomic E-state index is 0.152. The summed E-state index contributed by atoms with van der Waals surface area (Å²) >= 11 is 12.0. The molecule has 4 aromatic rings. The summed E-state index contributed by atoms with van der Waals surface area (Å²) in [5, 5.41) is 9.22. The summed E-state index contributed by atoms with van der Waals surface area (Å²) in [4.78, 5) is 25.6. The lowest BCUT2D eigenvalue weighted by Crippen LogP contribution is -2.48. The Morgan fingerprint density at radius 3 is 2.41 bits per heavy atom. The number of nitrogens with zero attached hydrogens (tertiary/aromatic N) is 2. The van der Waals surface area contributed by atoms with E-state index in [0.29, 0.717) is 22.2 Å². The number of rotatable bonds is 8. The third-order valence-corrected chi connectivity index (χ3v) is 6.71. The van der Waals surface area contributed by atoms with Gasteiger partial charge < -0.3 is 9.88 Å². The van der Waals surface area contributed by atoms with Crippen LogP contribution in [0.1, 0.15) is 41.0 Å². The van der Waals surface area contributed by atoms with E-state index in [0.717, 1.165) is 27.7 Å². The third-order valence-electron chi connectivity index (χ3n) is 6.22. The highest BCUT2D eigenvalue weighted by Crippen LogP contribution is 2.26. The Morgan fingerprint density at radius 2 is 1.70 bits per heavy atom. The van der Waals surface area contributed by atoms with Crippen LogP contribution in [0, 0.1) is 12.8 Å². The van der Waals surface area contributed by atoms with Gasteiger partial charge in [-0.05, 0) is 54.8 Å². The Kier molecular flexibility index (Phi) is 8.31. The number of para-hydroxylation sites is 1. The van der Waals surface area contributed by atoms with Crippen LogP contribution in [-0.2, 0) is 11.3 Å². The van der Waals surface area contributed by atoms with Crippen LogP contribution in [0.3, 0.4) is 0 Å². The van der Waals surface area contributed by atoms with Crippen LogP contribution in [0.2, 0.25) is 10.0 Å². The zero-order valence-corrected chi connectivity index (χ0v) is 22.3. The maximum atomic E-state index is 12.9. The molecule has 4 rings (SSSR count). The van der Waals surface area contributed by atoms with Gasteiger partial charge in [-0.1, -0.05) is 73.4 Å². The van der Waals surface area contributed by atoms with Crippen molar-refractivity contribution < 1.29 is 9.59 Å². The van der Waals surface area contributed by atoms with Crippen molar-refractivity contribution in [1.82, 2.24) is 15.3 Å². The largest absolute Gasteiger partial charge is 0.340 e. The van der Waals surface area contributed by atoms with Crippen molar-refractivity contribution in [1.29, 1.82) is 0 Å². The van der Waals surface area contributed by atoms with Crippen molar-refractivity contribution >= 4 is 52.1 Å². The van der Waals surface area contributed by atoms with E-state index in [1.165, 1.54) is 0 Å². The Labute approximate surface area is 226 Å². The minimum atomic E-state index is -0.768. The fraction of sp³-hybridized carbons (Fsp3) is 0.207. The van der Waals surface area contributed by atoms with E-state index >= 15 is 0 Å². The van der Waals surface area contributed by atoms with Gasteiger partial charge in [0, 0.05) is 44.3 Å². The molecule has 8 heteroatoms. The van der Waals surface area contributed by atoms with Crippen LogP contribution in [-0.4, -0.2) is 28.6 Å². The minimum Gasteiger partial charge on any atom is -0.340 e. The summed E-state index contributed by atoms with van der Waals surface area (Å²) in [6.45, 7) is 6.43. The molecule has 0 spiro atoms. The monoisotopic (exact) mass is 534 g/mol. The fourth-order valence-corrected chi connectivity index (χ4v) is 4.53. The van der Waals surface area contributed by atoms with Gasteiger partial charge in [-0.3, -0.25) is 9.59 Å². The van der Waals surface area contributed by atoms with Crippen LogP contribution in [0.5, 0.6) is 0 Å². The lowest BCUT2D eigenvalue weighted by Gasteiger charge is -2.20. The number of fused-ring (bicyclic) bond motifs is 1. The predicted molar refractivity (Wildman–Crippen MR) is 151 cm³/mol. The summed E-state index contributed by atoms with van der Waals surface area (Å²) in [5.41, 5.74) is 7.11. The van der Waals surface area contributed by atoms with Crippen LogP contribution < -0.4 is 10.7 Å². The highest BCUT2D eigenvalue weighted by Gasteiger charge is 2.24. The van der Waals surface area contributed by atoms with Gasteiger partial charge in [0.15, 0.2) is 0 Å². The fourth-order valence-electron chi connectivity index (χ4n) is 4.22. The molecule has 1 atom stereocenters. The maximum absolute atomic E-state index is 12.9. The summed E-state index contributed by atoms with van der Waals surface area (Å²) in [7, 11) is 0. The summed E-state index contributed by atoms with van der Waals surface area (Å²) < 4.78 is 2.21. The summed E-state index contributed by atoms with van der Waals surface area (Å²) in [6.07, 6.45) is 1.66. The average Bonchev–Trinajstić information content (AvgIpc) is 3.14. The number of hydrazone groups is 1. The standard InChI is InChI=1S/C29H28Cl2N4O2/c1-18(2)27(33-28(36)21-7-6-8-23(31)15-21)29(37)34-32-16-25-19(3)35(26-10-5-4-9-24(25)26)17-20-11-13-22(30)14-12-20/h4-16,18,27H,17H2,1-3H3,(H,33,36)(H,34,37). The summed E-state index contributed by atoms with van der Waals surface area (Å²) in [6, 6.07) is 21.7. The molecule has 0 saturated carbocycles. The van der Waals surface area contributed by atoms with E-state index in [4.69, 9.17) is 23.2 Å². The Morgan fingerprint density at radius 1 is 0.973 bits per heavy atom. The molecule has 1 aromatic heterocycles. The average molecular weight is 535 g/mol. The normalized spacial score (nSPS) is 12.3. The van der Waals surface area contributed by atoms with Gasteiger partial charge in [-0.2, -0.15) is 5.10 Å². The predicted octanol–water partition coefficient (Wildman–Crippen LogP) is 6.21. The van der Waals surface area contributed by atoms with Gasteiger partial charge in [-0.25, -0.2) is 5.43 Å². The molecule has 0 bridgehead atoms. The SMILES string of the molecule is Cc1c(C=NNC(=O)C(NC(=O)c2cccc(Cl)c2)C(C)C)c2ccccc2n1Cc1ccc(Cl)cc1. The number of aromatic nitrogens is 1. The van der Waals surface area contributed by atoms with Crippen molar-refractivity contribution in [2.45, 2.75) is 33.4 Å². The number of hydrogen-bond acceptors (Lipinski definition) is 3. The number of nitrogens with one attached hydrogen (secondary N) is 2. The van der Waals surface area contributed by atoms with E-state index in [-0.39, 0.29) is 11.8 Å². The number of benzene rings is 3. The second-order valence-electron chi connectivity index (χ2n) is 9.17. The molecule has 37 heavy (non-hydrogen) atoms. The van der Waals surface area contributed by atoms with E-state index in [1.54, 1.807) is 30.5 Å². The van der Waals surface area contributed by atoms with Gasteiger partial charge in [0.05, 0.1) is 6.21 Å². The first-order valence-corrected chi connectivity index (χ1v) is 12.7. The van der Waals surface area contributed by atoms with Gasteiger partial charge in [-0.15, -0.1) is 0 Å². The van der Waals surface area contributed by atoms with E-state index in [9.17, 15) is 9.59 Å². The second-order valence-corrected chi connectivity index (χ2v) is 10.0. The zero-order chi connectivity index (χ0) is 26.5. The van der Waals surface area contributed by atoms with E-state index in [2.05, 4.69) is 26.5 Å². The number of halogens is 2. The van der Waals surface area contributed by atoms with Crippen LogP contribution in [0.15, 0.2) is 77.9 Å². The first kappa shape index (κ1) is 26.5. The molecule has 0 aliphatic heterocycles. The van der Waals surface area contributed by atoms with Crippen LogP contribution in [0.4, 0.5) is 0 Å². The maximum Gasteiger partial charge on any atom is 0.262 e. The molecule has 1 unspecified atom stereocenters. The zero-order valence-electron chi connectivity index (χ0n) is 20.8. The molecular weight excluding hydrogens is 507 g/mol. The van der Waals surface area contributed by atoms with E-state index < -0.39 is 11.9 Å². The molecule has 0 radical (unpaired) electrons. The smallest absolute Gasteiger partial charge is 0.262 e. The number of hydrogen-bond donors (Lipinski definition) is 2. The van der Waals surface area contributed by atoms with Gasteiger partial charge in [0.25, 0.3) is 11.8 Å². The number of carbonyl (C=O) groups is 2. The molecule has 1 heterocycles. The van der Waals surface area contributed by atoms with Crippen molar-refractivity contribution in [3.8, 4) is 0 Å².